The molecule has 0 bridgehead atoms. The second kappa shape index (κ2) is 8.21. The van der Waals surface area contributed by atoms with E-state index in [1.165, 1.54) is 6.07 Å². The Hall–Kier alpha value is -1.73. The average molecular weight is 327 g/mol. The fraction of sp³-hybridized carbons (Fsp3) is 0.562. The molecule has 0 spiro atoms. The first-order valence-corrected chi connectivity index (χ1v) is 7.83. The summed E-state index contributed by atoms with van der Waals surface area (Å²) in [6.07, 6.45) is 2.45. The molecule has 0 unspecified atom stereocenters. The van der Waals surface area contributed by atoms with Crippen LogP contribution in [-0.4, -0.2) is 60.3 Å². The van der Waals surface area contributed by atoms with E-state index in [2.05, 4.69) is 10.2 Å². The maximum atomic E-state index is 13.2. The topological polar surface area (TPSA) is 55.8 Å². The number of nitrogens with zero attached hydrogens (tertiary/aromatic N) is 2. The SMILES string of the molecule is CN(CCCO)C1CCN(C(=O)Nc2ccc(F)c(F)c2)CC1. The first-order chi connectivity index (χ1) is 11.0. The average Bonchev–Trinajstić information content (AvgIpc) is 2.56. The van der Waals surface area contributed by atoms with Crippen LogP contribution in [0.15, 0.2) is 18.2 Å². The molecular weight excluding hydrogens is 304 g/mol. The summed E-state index contributed by atoms with van der Waals surface area (Å²) in [7, 11) is 2.03. The van der Waals surface area contributed by atoms with Gasteiger partial charge >= 0.3 is 6.03 Å². The summed E-state index contributed by atoms with van der Waals surface area (Å²) in [5.74, 6) is -1.92. The molecule has 128 valence electrons. The number of aliphatic hydroxyl groups is 1. The third kappa shape index (κ3) is 4.87. The van der Waals surface area contributed by atoms with Crippen LogP contribution in [0, 0.1) is 11.6 Å². The Bertz CT molecular complexity index is 534. The number of anilines is 1. The number of hydrogen-bond donors (Lipinski definition) is 2. The summed E-state index contributed by atoms with van der Waals surface area (Å²) < 4.78 is 26.0. The van der Waals surface area contributed by atoms with Crippen LogP contribution in [0.4, 0.5) is 19.3 Å². The van der Waals surface area contributed by atoms with Crippen LogP contribution in [0.3, 0.4) is 0 Å². The number of nitrogens with one attached hydrogen (secondary N) is 1. The molecule has 1 heterocycles. The van der Waals surface area contributed by atoms with Crippen LogP contribution in [0.5, 0.6) is 0 Å². The number of carbonyl (C=O) groups is 1. The normalized spacial score (nSPS) is 16.0. The van der Waals surface area contributed by atoms with Gasteiger partial charge in [-0.3, -0.25) is 0 Å². The zero-order chi connectivity index (χ0) is 16.8. The Morgan fingerprint density at radius 1 is 1.35 bits per heavy atom. The highest BCUT2D eigenvalue weighted by atomic mass is 19.2. The lowest BCUT2D eigenvalue weighted by Crippen LogP contribution is -2.47. The number of aliphatic hydroxyl groups excluding tert-OH is 1. The van der Waals surface area contributed by atoms with Gasteiger partial charge in [-0.05, 0) is 38.4 Å². The summed E-state index contributed by atoms with van der Waals surface area (Å²) in [5, 5.41) is 11.5. The van der Waals surface area contributed by atoms with Crippen molar-refractivity contribution in [3.8, 4) is 0 Å². The monoisotopic (exact) mass is 327 g/mol. The number of piperidine rings is 1. The predicted octanol–water partition coefficient (Wildman–Crippen LogP) is 2.28. The van der Waals surface area contributed by atoms with E-state index >= 15 is 0 Å². The van der Waals surface area contributed by atoms with Gasteiger partial charge in [-0.1, -0.05) is 0 Å². The highest BCUT2D eigenvalue weighted by Crippen LogP contribution is 2.18. The minimum Gasteiger partial charge on any atom is -0.396 e. The lowest BCUT2D eigenvalue weighted by atomic mass is 10.0. The van der Waals surface area contributed by atoms with E-state index in [0.29, 0.717) is 19.1 Å². The van der Waals surface area contributed by atoms with Gasteiger partial charge < -0.3 is 20.2 Å². The van der Waals surface area contributed by atoms with E-state index in [1.54, 1.807) is 4.90 Å². The van der Waals surface area contributed by atoms with Crippen molar-refractivity contribution >= 4 is 11.7 Å². The van der Waals surface area contributed by atoms with Gasteiger partial charge in [0.25, 0.3) is 0 Å². The van der Waals surface area contributed by atoms with E-state index < -0.39 is 11.6 Å². The first kappa shape index (κ1) is 17.6. The Morgan fingerprint density at radius 3 is 2.65 bits per heavy atom. The molecule has 2 rings (SSSR count). The Labute approximate surface area is 134 Å². The first-order valence-electron chi connectivity index (χ1n) is 7.83. The van der Waals surface area contributed by atoms with E-state index in [-0.39, 0.29) is 18.3 Å². The Morgan fingerprint density at radius 2 is 2.04 bits per heavy atom. The molecule has 0 saturated carbocycles. The van der Waals surface area contributed by atoms with Gasteiger partial charge in [0.2, 0.25) is 0 Å². The molecule has 0 aromatic heterocycles. The van der Waals surface area contributed by atoms with Crippen molar-refractivity contribution in [1.82, 2.24) is 9.80 Å². The van der Waals surface area contributed by atoms with Gasteiger partial charge in [0.1, 0.15) is 0 Å². The molecule has 1 saturated heterocycles. The van der Waals surface area contributed by atoms with E-state index in [4.69, 9.17) is 5.11 Å². The Balaban J connectivity index is 1.82. The highest BCUT2D eigenvalue weighted by molar-refractivity contribution is 5.89. The zero-order valence-corrected chi connectivity index (χ0v) is 13.3. The van der Waals surface area contributed by atoms with Crippen LogP contribution in [0.2, 0.25) is 0 Å². The van der Waals surface area contributed by atoms with Crippen molar-refractivity contribution in [2.24, 2.45) is 0 Å². The van der Waals surface area contributed by atoms with Gasteiger partial charge in [0, 0.05) is 44.0 Å². The van der Waals surface area contributed by atoms with Crippen molar-refractivity contribution in [3.63, 3.8) is 0 Å². The number of benzene rings is 1. The number of likely N-dealkylation sites (tertiary alicyclic amines) is 1. The third-order valence-electron chi connectivity index (χ3n) is 4.21. The number of amides is 2. The fourth-order valence-corrected chi connectivity index (χ4v) is 2.79. The Kier molecular flexibility index (Phi) is 6.29. The minimum atomic E-state index is -0.980. The molecule has 1 aromatic rings. The third-order valence-corrected chi connectivity index (χ3v) is 4.21. The van der Waals surface area contributed by atoms with Crippen LogP contribution in [0.1, 0.15) is 19.3 Å². The van der Waals surface area contributed by atoms with Crippen molar-refractivity contribution in [2.45, 2.75) is 25.3 Å². The molecule has 2 N–H and O–H groups in total. The molecule has 5 nitrogen and oxygen atoms in total. The van der Waals surface area contributed by atoms with Gasteiger partial charge in [-0.2, -0.15) is 0 Å². The van der Waals surface area contributed by atoms with Crippen molar-refractivity contribution < 1.29 is 18.7 Å². The van der Waals surface area contributed by atoms with E-state index in [1.807, 2.05) is 7.05 Å². The van der Waals surface area contributed by atoms with E-state index in [0.717, 1.165) is 37.9 Å². The number of hydrogen-bond acceptors (Lipinski definition) is 3. The van der Waals surface area contributed by atoms with Gasteiger partial charge in [0.15, 0.2) is 11.6 Å². The molecule has 7 heteroatoms. The molecule has 1 aliphatic heterocycles. The second-order valence-electron chi connectivity index (χ2n) is 5.84. The standard InChI is InChI=1S/C16H23F2N3O2/c1-20(7-2-10-22)13-5-8-21(9-6-13)16(23)19-12-3-4-14(17)15(18)11-12/h3-4,11,13,22H,2,5-10H2,1H3,(H,19,23). The summed E-state index contributed by atoms with van der Waals surface area (Å²) in [4.78, 5) is 16.1. The van der Waals surface area contributed by atoms with Crippen LogP contribution < -0.4 is 5.32 Å². The predicted molar refractivity (Wildman–Crippen MR) is 84.3 cm³/mol. The zero-order valence-electron chi connectivity index (χ0n) is 13.3. The fourth-order valence-electron chi connectivity index (χ4n) is 2.79. The highest BCUT2D eigenvalue weighted by Gasteiger charge is 2.25. The molecule has 1 fully saturated rings. The molecule has 0 atom stereocenters. The largest absolute Gasteiger partial charge is 0.396 e. The molecule has 2 amide bonds. The lowest BCUT2D eigenvalue weighted by Gasteiger charge is -2.36. The lowest BCUT2D eigenvalue weighted by molar-refractivity contribution is 0.134. The molecule has 1 aliphatic rings. The van der Waals surface area contributed by atoms with Crippen molar-refractivity contribution in [1.29, 1.82) is 0 Å². The number of halogens is 2. The van der Waals surface area contributed by atoms with Crippen LogP contribution in [0.25, 0.3) is 0 Å². The molecule has 0 aliphatic carbocycles. The van der Waals surface area contributed by atoms with Gasteiger partial charge in [-0.15, -0.1) is 0 Å². The number of rotatable bonds is 5. The molecule has 23 heavy (non-hydrogen) atoms. The van der Waals surface area contributed by atoms with E-state index in [9.17, 15) is 13.6 Å². The summed E-state index contributed by atoms with van der Waals surface area (Å²) >= 11 is 0. The quantitative estimate of drug-likeness (QED) is 0.872. The van der Waals surface area contributed by atoms with Gasteiger partial charge in [-0.25, -0.2) is 13.6 Å². The number of carbonyl (C=O) groups excluding carboxylic acids is 1. The number of urea groups is 1. The molecule has 0 radical (unpaired) electrons. The minimum absolute atomic E-state index is 0.180. The van der Waals surface area contributed by atoms with Crippen molar-refractivity contribution in [2.75, 3.05) is 38.6 Å². The van der Waals surface area contributed by atoms with Crippen LogP contribution >= 0.6 is 0 Å². The maximum Gasteiger partial charge on any atom is 0.321 e. The summed E-state index contributed by atoms with van der Waals surface area (Å²) in [6, 6.07) is 3.41. The smallest absolute Gasteiger partial charge is 0.321 e. The summed E-state index contributed by atoms with van der Waals surface area (Å²) in [5.41, 5.74) is 0.246. The maximum absolute atomic E-state index is 13.2. The van der Waals surface area contributed by atoms with Crippen LogP contribution in [-0.2, 0) is 0 Å². The van der Waals surface area contributed by atoms with Gasteiger partial charge in [0.05, 0.1) is 0 Å². The van der Waals surface area contributed by atoms with Crippen molar-refractivity contribution in [3.05, 3.63) is 29.8 Å². The molecule has 1 aromatic carbocycles. The second-order valence-corrected chi connectivity index (χ2v) is 5.84. The molecular formula is C16H23F2N3O2. The summed E-state index contributed by atoms with van der Waals surface area (Å²) in [6.45, 7) is 2.25.